The van der Waals surface area contributed by atoms with E-state index in [9.17, 15) is 27.9 Å². The van der Waals surface area contributed by atoms with Gasteiger partial charge >= 0.3 is 12.1 Å². The van der Waals surface area contributed by atoms with Crippen LogP contribution in [0.2, 0.25) is 0 Å². The third-order valence-corrected chi connectivity index (χ3v) is 3.80. The summed E-state index contributed by atoms with van der Waals surface area (Å²) >= 11 is 0. The summed E-state index contributed by atoms with van der Waals surface area (Å²) < 4.78 is 41.0. The minimum absolute atomic E-state index is 0.0593. The molecule has 2 N–H and O–H groups in total. The molecule has 1 aromatic carbocycles. The summed E-state index contributed by atoms with van der Waals surface area (Å²) in [5, 5.41) is 11.8. The summed E-state index contributed by atoms with van der Waals surface area (Å²) in [6.07, 6.45) is -2.67. The molecule has 0 radical (unpaired) electrons. The van der Waals surface area contributed by atoms with Gasteiger partial charge in [-0.3, -0.25) is 9.59 Å². The average molecular weight is 331 g/mol. The van der Waals surface area contributed by atoms with Gasteiger partial charge < -0.3 is 15.2 Å². The van der Waals surface area contributed by atoms with E-state index < -0.39 is 30.1 Å². The third kappa shape index (κ3) is 4.14. The van der Waals surface area contributed by atoms with Gasteiger partial charge in [-0.1, -0.05) is 18.9 Å². The van der Waals surface area contributed by atoms with Crippen LogP contribution in [0.15, 0.2) is 24.3 Å². The zero-order chi connectivity index (χ0) is 17.1. The Balaban J connectivity index is 2.08. The highest BCUT2D eigenvalue weighted by atomic mass is 19.4. The molecule has 8 heteroatoms. The van der Waals surface area contributed by atoms with Crippen molar-refractivity contribution < 1.29 is 32.6 Å². The van der Waals surface area contributed by atoms with E-state index in [-0.39, 0.29) is 24.3 Å². The first-order valence-electron chi connectivity index (χ1n) is 7.07. The largest absolute Gasteiger partial charge is 0.484 e. The number of carboxylic acid groups (broad SMARTS) is 1. The number of carbonyl (C=O) groups excluding carboxylic acids is 1. The molecule has 1 saturated carbocycles. The molecule has 1 aliphatic carbocycles. The second-order valence-corrected chi connectivity index (χ2v) is 5.48. The Morgan fingerprint density at radius 3 is 2.48 bits per heavy atom. The second kappa shape index (κ2) is 6.47. The number of carboxylic acids is 1. The summed E-state index contributed by atoms with van der Waals surface area (Å²) in [5.74, 6) is -1.90. The van der Waals surface area contributed by atoms with Crippen molar-refractivity contribution >= 4 is 17.6 Å². The number of ether oxygens (including phenoxy) is 1. The lowest BCUT2D eigenvalue weighted by atomic mass is 9.85. The van der Waals surface area contributed by atoms with Crippen LogP contribution in [-0.2, 0) is 9.59 Å². The number of alkyl halides is 3. The fourth-order valence-electron chi connectivity index (χ4n) is 2.60. The molecular formula is C15H16F3NO4. The molecule has 126 valence electrons. The summed E-state index contributed by atoms with van der Waals surface area (Å²) in [4.78, 5) is 23.7. The number of benzene rings is 1. The first kappa shape index (κ1) is 17.1. The number of aliphatic carboxylic acids is 1. The van der Waals surface area contributed by atoms with Crippen LogP contribution in [0.4, 0.5) is 18.9 Å². The van der Waals surface area contributed by atoms with Crippen LogP contribution >= 0.6 is 0 Å². The van der Waals surface area contributed by atoms with Crippen molar-refractivity contribution in [3.8, 4) is 5.75 Å². The molecule has 0 spiro atoms. The lowest BCUT2D eigenvalue weighted by Crippen LogP contribution is -2.40. The average Bonchev–Trinajstić information content (AvgIpc) is 2.96. The molecule has 0 unspecified atom stereocenters. The highest BCUT2D eigenvalue weighted by molar-refractivity contribution is 6.08. The van der Waals surface area contributed by atoms with Crippen molar-refractivity contribution in [1.82, 2.24) is 0 Å². The van der Waals surface area contributed by atoms with Gasteiger partial charge in [-0.2, -0.15) is 13.2 Å². The first-order chi connectivity index (χ1) is 10.7. The van der Waals surface area contributed by atoms with E-state index in [0.29, 0.717) is 12.8 Å². The number of hydrogen-bond acceptors (Lipinski definition) is 3. The van der Waals surface area contributed by atoms with Crippen molar-refractivity contribution in [2.45, 2.75) is 31.9 Å². The number of hydrogen-bond donors (Lipinski definition) is 2. The number of carbonyl (C=O) groups is 2. The molecule has 0 bridgehead atoms. The third-order valence-electron chi connectivity index (χ3n) is 3.80. The van der Waals surface area contributed by atoms with E-state index in [4.69, 9.17) is 0 Å². The minimum atomic E-state index is -4.46. The van der Waals surface area contributed by atoms with Crippen molar-refractivity contribution in [1.29, 1.82) is 0 Å². The number of rotatable bonds is 5. The van der Waals surface area contributed by atoms with Gasteiger partial charge in [-0.25, -0.2) is 0 Å². The molecular weight excluding hydrogens is 315 g/mol. The predicted molar refractivity (Wildman–Crippen MR) is 75.2 cm³/mol. The van der Waals surface area contributed by atoms with Crippen LogP contribution in [0, 0.1) is 5.41 Å². The topological polar surface area (TPSA) is 75.6 Å². The van der Waals surface area contributed by atoms with Crippen molar-refractivity contribution in [3.63, 3.8) is 0 Å². The summed E-state index contributed by atoms with van der Waals surface area (Å²) in [7, 11) is 0. The molecule has 0 saturated heterocycles. The smallest absolute Gasteiger partial charge is 0.422 e. The Kier molecular flexibility index (Phi) is 4.82. The van der Waals surface area contributed by atoms with E-state index in [1.807, 2.05) is 0 Å². The van der Waals surface area contributed by atoms with Crippen molar-refractivity contribution in [3.05, 3.63) is 24.3 Å². The number of halogens is 3. The van der Waals surface area contributed by atoms with E-state index in [1.165, 1.54) is 24.3 Å². The maximum absolute atomic E-state index is 12.3. The fraction of sp³-hybridized carbons (Fsp3) is 0.467. The summed E-state index contributed by atoms with van der Waals surface area (Å²) in [6, 6.07) is 5.43. The molecule has 0 atom stereocenters. The van der Waals surface area contributed by atoms with Crippen LogP contribution in [0.5, 0.6) is 5.75 Å². The second-order valence-electron chi connectivity index (χ2n) is 5.48. The van der Waals surface area contributed by atoms with Crippen LogP contribution in [0.3, 0.4) is 0 Å². The maximum atomic E-state index is 12.3. The standard InChI is InChI=1S/C15H16F3NO4/c16-15(17,18)9-23-11-5-3-4-10(8-11)19-12(20)14(13(21)22)6-1-2-7-14/h3-5,8H,1-2,6-7,9H2,(H,19,20)(H,21,22). The Bertz CT molecular complexity index is 595. The number of amides is 1. The Hall–Kier alpha value is -2.25. The van der Waals surface area contributed by atoms with Gasteiger partial charge in [0.05, 0.1) is 0 Å². The molecule has 5 nitrogen and oxygen atoms in total. The predicted octanol–water partition coefficient (Wildman–Crippen LogP) is 3.21. The zero-order valence-corrected chi connectivity index (χ0v) is 12.2. The molecule has 1 aromatic rings. The molecule has 1 aliphatic rings. The Labute approximate surface area is 130 Å². The van der Waals surface area contributed by atoms with Crippen molar-refractivity contribution in [2.75, 3.05) is 11.9 Å². The Morgan fingerprint density at radius 1 is 1.26 bits per heavy atom. The minimum Gasteiger partial charge on any atom is -0.484 e. The molecule has 1 amide bonds. The summed E-state index contributed by atoms with van der Waals surface area (Å²) in [6.45, 7) is -1.44. The van der Waals surface area contributed by atoms with Crippen LogP contribution in [-0.4, -0.2) is 29.8 Å². The van der Waals surface area contributed by atoms with Gasteiger partial charge in [0.15, 0.2) is 6.61 Å². The zero-order valence-electron chi connectivity index (χ0n) is 12.2. The molecule has 1 fully saturated rings. The van der Waals surface area contributed by atoms with Gasteiger partial charge in [0.25, 0.3) is 0 Å². The normalized spacial score (nSPS) is 16.8. The molecule has 23 heavy (non-hydrogen) atoms. The van der Waals surface area contributed by atoms with E-state index in [0.717, 1.165) is 0 Å². The van der Waals surface area contributed by atoms with Crippen LogP contribution in [0.1, 0.15) is 25.7 Å². The van der Waals surface area contributed by atoms with E-state index in [1.54, 1.807) is 0 Å². The lowest BCUT2D eigenvalue weighted by Gasteiger charge is -2.22. The monoisotopic (exact) mass is 331 g/mol. The fourth-order valence-corrected chi connectivity index (χ4v) is 2.60. The summed E-state index contributed by atoms with van der Waals surface area (Å²) in [5.41, 5.74) is -1.27. The van der Waals surface area contributed by atoms with Gasteiger partial charge in [0.2, 0.25) is 5.91 Å². The van der Waals surface area contributed by atoms with Gasteiger partial charge in [0.1, 0.15) is 11.2 Å². The van der Waals surface area contributed by atoms with Crippen LogP contribution < -0.4 is 10.1 Å². The number of nitrogens with one attached hydrogen (secondary N) is 1. The highest BCUT2D eigenvalue weighted by Crippen LogP contribution is 2.39. The van der Waals surface area contributed by atoms with E-state index >= 15 is 0 Å². The van der Waals surface area contributed by atoms with Gasteiger partial charge in [-0.15, -0.1) is 0 Å². The van der Waals surface area contributed by atoms with Gasteiger partial charge in [0, 0.05) is 11.8 Å². The SMILES string of the molecule is O=C(O)C1(C(=O)Nc2cccc(OCC(F)(F)F)c2)CCCC1. The lowest BCUT2D eigenvalue weighted by molar-refractivity contribution is -0.154. The maximum Gasteiger partial charge on any atom is 0.422 e. The number of anilines is 1. The molecule has 0 heterocycles. The first-order valence-corrected chi connectivity index (χ1v) is 7.07. The van der Waals surface area contributed by atoms with E-state index in [2.05, 4.69) is 10.1 Å². The molecule has 2 rings (SSSR count). The molecule has 0 aromatic heterocycles. The Morgan fingerprint density at radius 2 is 1.91 bits per heavy atom. The molecule has 0 aliphatic heterocycles. The highest BCUT2D eigenvalue weighted by Gasteiger charge is 2.48. The quantitative estimate of drug-likeness (QED) is 0.813. The van der Waals surface area contributed by atoms with Crippen LogP contribution in [0.25, 0.3) is 0 Å². The van der Waals surface area contributed by atoms with Crippen molar-refractivity contribution in [2.24, 2.45) is 5.41 Å². The van der Waals surface area contributed by atoms with Gasteiger partial charge in [-0.05, 0) is 25.0 Å².